The maximum atomic E-state index is 11.9. The molecule has 0 bridgehead atoms. The fourth-order valence-electron chi connectivity index (χ4n) is 7.88. The molecular formula is C22H30O. The van der Waals surface area contributed by atoms with Crippen LogP contribution in [-0.2, 0) is 4.79 Å². The maximum Gasteiger partial charge on any atom is 0.156 e. The van der Waals surface area contributed by atoms with Crippen LogP contribution in [0.1, 0.15) is 59.3 Å². The van der Waals surface area contributed by atoms with Crippen molar-refractivity contribution in [2.75, 3.05) is 0 Å². The van der Waals surface area contributed by atoms with E-state index in [0.29, 0.717) is 11.2 Å². The van der Waals surface area contributed by atoms with E-state index in [9.17, 15) is 4.79 Å². The normalized spacial score (nSPS) is 56.3. The van der Waals surface area contributed by atoms with E-state index >= 15 is 0 Å². The summed E-state index contributed by atoms with van der Waals surface area (Å²) in [5, 5.41) is 0. The largest absolute Gasteiger partial charge is 0.295 e. The van der Waals surface area contributed by atoms with Crippen molar-refractivity contribution in [2.45, 2.75) is 59.3 Å². The molecule has 0 spiro atoms. The van der Waals surface area contributed by atoms with Crippen molar-refractivity contribution in [1.29, 1.82) is 0 Å². The van der Waals surface area contributed by atoms with Gasteiger partial charge in [-0.25, -0.2) is 0 Å². The van der Waals surface area contributed by atoms with E-state index in [0.717, 1.165) is 48.3 Å². The first kappa shape index (κ1) is 14.5. The Balaban J connectivity index is 1.57. The minimum absolute atomic E-state index is 0.267. The van der Waals surface area contributed by atoms with Gasteiger partial charge in [0.05, 0.1) is 0 Å². The van der Waals surface area contributed by atoms with Crippen LogP contribution in [0.25, 0.3) is 0 Å². The number of carbonyl (C=O) groups excluding carboxylic acids is 1. The highest BCUT2D eigenvalue weighted by atomic mass is 16.1. The summed E-state index contributed by atoms with van der Waals surface area (Å²) >= 11 is 0. The molecule has 0 unspecified atom stereocenters. The fourth-order valence-corrected chi connectivity index (χ4v) is 7.88. The summed E-state index contributed by atoms with van der Waals surface area (Å²) < 4.78 is 0. The summed E-state index contributed by atoms with van der Waals surface area (Å²) in [5.41, 5.74) is 2.20. The zero-order valence-electron chi connectivity index (χ0n) is 14.8. The molecule has 3 fully saturated rings. The predicted molar refractivity (Wildman–Crippen MR) is 92.8 cm³/mol. The Kier molecular flexibility index (Phi) is 2.78. The van der Waals surface area contributed by atoms with E-state index in [1.54, 1.807) is 0 Å². The van der Waals surface area contributed by atoms with Gasteiger partial charge in [0, 0.05) is 6.42 Å². The molecule has 0 aromatic heterocycles. The first-order chi connectivity index (χ1) is 11.0. The molecule has 0 aromatic carbocycles. The van der Waals surface area contributed by atoms with Gasteiger partial charge in [0.15, 0.2) is 5.78 Å². The smallest absolute Gasteiger partial charge is 0.156 e. The SMILES string of the molecule is CC[C@@H]1[C@H]2C[C@H]2[C@H]2[C@@H]3C=CC4=CC(=O)CC[C@]4(C)[C@H]3CC[C@@]21C. The van der Waals surface area contributed by atoms with Gasteiger partial charge in [-0.2, -0.15) is 0 Å². The van der Waals surface area contributed by atoms with Gasteiger partial charge >= 0.3 is 0 Å². The highest BCUT2D eigenvalue weighted by Gasteiger charge is 2.68. The lowest BCUT2D eigenvalue weighted by molar-refractivity contribution is -0.116. The topological polar surface area (TPSA) is 17.1 Å². The van der Waals surface area contributed by atoms with E-state index in [2.05, 4.69) is 32.9 Å². The third-order valence-electron chi connectivity index (χ3n) is 8.97. The highest BCUT2D eigenvalue weighted by Crippen LogP contribution is 2.75. The van der Waals surface area contributed by atoms with Crippen LogP contribution in [0.15, 0.2) is 23.8 Å². The van der Waals surface area contributed by atoms with Gasteiger partial charge in [0.25, 0.3) is 0 Å². The predicted octanol–water partition coefficient (Wildman–Crippen LogP) is 5.18. The van der Waals surface area contributed by atoms with Crippen molar-refractivity contribution in [2.24, 2.45) is 46.3 Å². The Bertz CT molecular complexity index is 628. The Morgan fingerprint density at radius 2 is 2.04 bits per heavy atom. The second-order valence-corrected chi connectivity index (χ2v) is 9.67. The summed E-state index contributed by atoms with van der Waals surface area (Å²) in [6.45, 7) is 7.51. The van der Waals surface area contributed by atoms with Gasteiger partial charge in [-0.3, -0.25) is 4.79 Å². The molecular weight excluding hydrogens is 280 g/mol. The molecule has 8 atom stereocenters. The molecule has 5 aliphatic carbocycles. The highest BCUT2D eigenvalue weighted by molar-refractivity contribution is 5.92. The molecule has 5 aliphatic rings. The van der Waals surface area contributed by atoms with E-state index in [1.165, 1.54) is 31.3 Å². The molecule has 0 radical (unpaired) electrons. The molecule has 0 aliphatic heterocycles. The molecule has 1 heteroatoms. The minimum atomic E-state index is 0.267. The van der Waals surface area contributed by atoms with Crippen molar-refractivity contribution in [3.05, 3.63) is 23.8 Å². The van der Waals surface area contributed by atoms with Gasteiger partial charge < -0.3 is 0 Å². The molecule has 23 heavy (non-hydrogen) atoms. The summed E-state index contributed by atoms with van der Waals surface area (Å²) in [5.74, 6) is 5.85. The average Bonchev–Trinajstić information content (AvgIpc) is 3.23. The van der Waals surface area contributed by atoms with Crippen molar-refractivity contribution < 1.29 is 4.79 Å². The number of allylic oxidation sites excluding steroid dienone is 4. The van der Waals surface area contributed by atoms with Crippen LogP contribution in [0.5, 0.6) is 0 Å². The molecule has 3 saturated carbocycles. The molecule has 0 amide bonds. The molecule has 5 rings (SSSR count). The van der Waals surface area contributed by atoms with Gasteiger partial charge in [-0.15, -0.1) is 0 Å². The van der Waals surface area contributed by atoms with Crippen LogP contribution in [0.4, 0.5) is 0 Å². The standard InChI is InChI=1S/C22H30O/c1-4-18-16-12-17(16)20-15-6-5-13-11-14(23)7-9-21(13,2)19(15)8-10-22(18,20)3/h5-6,11,15-20H,4,7-10,12H2,1-3H3/t15-,16+,17-,18-,19+,20-,21+,22-/m1/s1. The van der Waals surface area contributed by atoms with Crippen molar-refractivity contribution in [3.8, 4) is 0 Å². The number of hydrogen-bond donors (Lipinski definition) is 0. The average molecular weight is 310 g/mol. The minimum Gasteiger partial charge on any atom is -0.295 e. The van der Waals surface area contributed by atoms with Gasteiger partial charge in [-0.1, -0.05) is 39.3 Å². The monoisotopic (exact) mass is 310 g/mol. The number of carbonyl (C=O) groups is 1. The third kappa shape index (κ3) is 1.67. The molecule has 0 saturated heterocycles. The molecule has 1 nitrogen and oxygen atoms in total. The lowest BCUT2D eigenvalue weighted by Gasteiger charge is -2.57. The second kappa shape index (κ2) is 4.41. The van der Waals surface area contributed by atoms with E-state index < -0.39 is 0 Å². The van der Waals surface area contributed by atoms with Crippen LogP contribution in [0.3, 0.4) is 0 Å². The van der Waals surface area contributed by atoms with E-state index in [-0.39, 0.29) is 5.41 Å². The molecule has 0 aromatic rings. The fraction of sp³-hybridized carbons (Fsp3) is 0.773. The van der Waals surface area contributed by atoms with E-state index in [1.807, 2.05) is 6.08 Å². The van der Waals surface area contributed by atoms with Crippen molar-refractivity contribution in [1.82, 2.24) is 0 Å². The zero-order valence-corrected chi connectivity index (χ0v) is 14.8. The van der Waals surface area contributed by atoms with E-state index in [4.69, 9.17) is 0 Å². The lowest BCUT2D eigenvalue weighted by atomic mass is 9.47. The number of ketones is 1. The number of rotatable bonds is 1. The summed E-state index contributed by atoms with van der Waals surface area (Å²) in [4.78, 5) is 11.9. The van der Waals surface area contributed by atoms with Crippen LogP contribution in [0, 0.1) is 46.3 Å². The van der Waals surface area contributed by atoms with Crippen LogP contribution >= 0.6 is 0 Å². The number of fused-ring (bicyclic) bond motifs is 7. The lowest BCUT2D eigenvalue weighted by Crippen LogP contribution is -2.50. The van der Waals surface area contributed by atoms with Gasteiger partial charge in [0.2, 0.25) is 0 Å². The first-order valence-electron chi connectivity index (χ1n) is 9.92. The van der Waals surface area contributed by atoms with Gasteiger partial charge in [0.1, 0.15) is 0 Å². The summed E-state index contributed by atoms with van der Waals surface area (Å²) in [6.07, 6.45) is 14.4. The molecule has 0 N–H and O–H groups in total. The Labute approximate surface area is 140 Å². The molecule has 124 valence electrons. The zero-order chi connectivity index (χ0) is 16.0. The Morgan fingerprint density at radius 3 is 2.83 bits per heavy atom. The van der Waals surface area contributed by atoms with Crippen LogP contribution in [-0.4, -0.2) is 5.78 Å². The maximum absolute atomic E-state index is 11.9. The van der Waals surface area contributed by atoms with Gasteiger partial charge in [-0.05, 0) is 83.7 Å². The third-order valence-corrected chi connectivity index (χ3v) is 8.97. The van der Waals surface area contributed by atoms with Crippen LogP contribution < -0.4 is 0 Å². The Morgan fingerprint density at radius 1 is 1.22 bits per heavy atom. The quantitative estimate of drug-likeness (QED) is 0.652. The summed E-state index contributed by atoms with van der Waals surface area (Å²) in [6, 6.07) is 0. The van der Waals surface area contributed by atoms with Crippen LogP contribution in [0.2, 0.25) is 0 Å². The Hall–Kier alpha value is -0.850. The molecule has 0 heterocycles. The second-order valence-electron chi connectivity index (χ2n) is 9.67. The summed E-state index contributed by atoms with van der Waals surface area (Å²) in [7, 11) is 0. The van der Waals surface area contributed by atoms with Crippen molar-refractivity contribution >= 4 is 5.78 Å². The van der Waals surface area contributed by atoms with Crippen molar-refractivity contribution in [3.63, 3.8) is 0 Å². The number of hydrogen-bond acceptors (Lipinski definition) is 1. The first-order valence-corrected chi connectivity index (χ1v) is 9.92.